The van der Waals surface area contributed by atoms with Gasteiger partial charge in [0.25, 0.3) is 0 Å². The molecule has 104 valence electrons. The second kappa shape index (κ2) is 6.74. The molecule has 0 aliphatic carbocycles. The minimum absolute atomic E-state index is 0.180. The van der Waals surface area contributed by atoms with Crippen LogP contribution in [-0.2, 0) is 10.0 Å². The molecule has 0 aliphatic rings. The summed E-state index contributed by atoms with van der Waals surface area (Å²) in [5, 5.41) is 0. The lowest BCUT2D eigenvalue weighted by Gasteiger charge is -2.26. The van der Waals surface area contributed by atoms with Gasteiger partial charge in [0.1, 0.15) is 0 Å². The minimum atomic E-state index is -3.07. The van der Waals surface area contributed by atoms with Gasteiger partial charge in [0.2, 0.25) is 10.0 Å². The van der Waals surface area contributed by atoms with Crippen LogP contribution in [0.3, 0.4) is 0 Å². The average Bonchev–Trinajstić information content (AvgIpc) is 2.07. The van der Waals surface area contributed by atoms with Crippen molar-refractivity contribution < 1.29 is 8.42 Å². The Kier molecular flexibility index (Phi) is 6.70. The summed E-state index contributed by atoms with van der Waals surface area (Å²) in [5.74, 6) is 0.450. The molecule has 0 unspecified atom stereocenters. The molecule has 0 atom stereocenters. The number of hydrogen-bond acceptors (Lipinski definition) is 2. The van der Waals surface area contributed by atoms with Gasteiger partial charge in [-0.05, 0) is 24.2 Å². The highest BCUT2D eigenvalue weighted by atomic mass is 32.2. The zero-order valence-electron chi connectivity index (χ0n) is 12.3. The second-order valence-electron chi connectivity index (χ2n) is 6.38. The van der Waals surface area contributed by atoms with Crippen LogP contribution in [0.2, 0.25) is 0 Å². The van der Waals surface area contributed by atoms with E-state index in [-0.39, 0.29) is 17.1 Å². The van der Waals surface area contributed by atoms with Crippen molar-refractivity contribution in [2.75, 3.05) is 18.8 Å². The van der Waals surface area contributed by atoms with E-state index in [2.05, 4.69) is 20.8 Å². The SMILES string of the molecule is CCCN(CCC(C)(C)C)S(=O)(=O)CC(C)C. The predicted molar refractivity (Wildman–Crippen MR) is 74.6 cm³/mol. The second-order valence-corrected chi connectivity index (χ2v) is 8.40. The number of nitrogens with zero attached hydrogens (tertiary/aromatic N) is 1. The van der Waals surface area contributed by atoms with Gasteiger partial charge in [-0.1, -0.05) is 41.5 Å². The molecule has 4 heteroatoms. The van der Waals surface area contributed by atoms with Crippen LogP contribution >= 0.6 is 0 Å². The summed E-state index contributed by atoms with van der Waals surface area (Å²) < 4.78 is 26.0. The molecule has 17 heavy (non-hydrogen) atoms. The Morgan fingerprint density at radius 1 is 1.12 bits per heavy atom. The quantitative estimate of drug-likeness (QED) is 0.707. The van der Waals surface area contributed by atoms with Gasteiger partial charge in [-0.3, -0.25) is 0 Å². The van der Waals surface area contributed by atoms with Crippen molar-refractivity contribution in [2.24, 2.45) is 11.3 Å². The first kappa shape index (κ1) is 16.9. The molecule has 0 N–H and O–H groups in total. The molecule has 3 nitrogen and oxygen atoms in total. The van der Waals surface area contributed by atoms with Crippen LogP contribution in [0.25, 0.3) is 0 Å². The van der Waals surface area contributed by atoms with Gasteiger partial charge in [-0.25, -0.2) is 12.7 Å². The van der Waals surface area contributed by atoms with E-state index in [4.69, 9.17) is 0 Å². The van der Waals surface area contributed by atoms with Gasteiger partial charge in [0.15, 0.2) is 0 Å². The van der Waals surface area contributed by atoms with Gasteiger partial charge in [-0.15, -0.1) is 0 Å². The Balaban J connectivity index is 4.61. The number of sulfonamides is 1. The maximum atomic E-state index is 12.2. The Morgan fingerprint density at radius 2 is 1.65 bits per heavy atom. The Labute approximate surface area is 108 Å². The lowest BCUT2D eigenvalue weighted by atomic mass is 9.92. The molecular weight excluding hydrogens is 234 g/mol. The van der Waals surface area contributed by atoms with Crippen molar-refractivity contribution in [3.63, 3.8) is 0 Å². The van der Waals surface area contributed by atoms with E-state index in [1.165, 1.54) is 0 Å². The van der Waals surface area contributed by atoms with E-state index in [9.17, 15) is 8.42 Å². The molecule has 0 aliphatic heterocycles. The average molecular weight is 263 g/mol. The van der Waals surface area contributed by atoms with E-state index in [0.717, 1.165) is 12.8 Å². The van der Waals surface area contributed by atoms with Crippen molar-refractivity contribution in [2.45, 2.75) is 54.4 Å². The van der Waals surface area contributed by atoms with E-state index < -0.39 is 10.0 Å². The van der Waals surface area contributed by atoms with Crippen LogP contribution in [-0.4, -0.2) is 31.6 Å². The molecule has 0 aromatic rings. The third-order valence-electron chi connectivity index (χ3n) is 2.52. The third kappa shape index (κ3) is 7.77. The van der Waals surface area contributed by atoms with Crippen LogP contribution in [0.5, 0.6) is 0 Å². The lowest BCUT2D eigenvalue weighted by Crippen LogP contribution is -2.37. The van der Waals surface area contributed by atoms with Crippen molar-refractivity contribution >= 4 is 10.0 Å². The van der Waals surface area contributed by atoms with Gasteiger partial charge in [0.05, 0.1) is 5.75 Å². The summed E-state index contributed by atoms with van der Waals surface area (Å²) in [4.78, 5) is 0. The first-order valence-electron chi connectivity index (χ1n) is 6.56. The molecule has 0 bridgehead atoms. The Bertz CT molecular complexity index is 302. The van der Waals surface area contributed by atoms with Crippen molar-refractivity contribution in [1.29, 1.82) is 0 Å². The predicted octanol–water partition coefficient (Wildman–Crippen LogP) is 3.12. The molecule has 0 fully saturated rings. The third-order valence-corrected chi connectivity index (χ3v) is 4.76. The van der Waals surface area contributed by atoms with Gasteiger partial charge >= 0.3 is 0 Å². The van der Waals surface area contributed by atoms with Gasteiger partial charge < -0.3 is 0 Å². The molecule has 0 aromatic heterocycles. The zero-order valence-corrected chi connectivity index (χ0v) is 13.1. The largest absolute Gasteiger partial charge is 0.214 e. The van der Waals surface area contributed by atoms with E-state index >= 15 is 0 Å². The summed E-state index contributed by atoms with van der Waals surface area (Å²) in [5.41, 5.74) is 0.180. The van der Waals surface area contributed by atoms with Gasteiger partial charge in [-0.2, -0.15) is 0 Å². The molecule has 0 rings (SSSR count). The fourth-order valence-corrected chi connectivity index (χ4v) is 3.51. The maximum Gasteiger partial charge on any atom is 0.214 e. The fraction of sp³-hybridized carbons (Fsp3) is 1.00. The van der Waals surface area contributed by atoms with Crippen molar-refractivity contribution in [1.82, 2.24) is 4.31 Å². The standard InChI is InChI=1S/C13H29NO2S/c1-7-9-14(10-8-13(4,5)6)17(15,16)11-12(2)3/h12H,7-11H2,1-6H3. The highest BCUT2D eigenvalue weighted by Crippen LogP contribution is 2.20. The topological polar surface area (TPSA) is 37.4 Å². The minimum Gasteiger partial charge on any atom is -0.212 e. The van der Waals surface area contributed by atoms with Crippen LogP contribution < -0.4 is 0 Å². The molecule has 0 spiro atoms. The lowest BCUT2D eigenvalue weighted by molar-refractivity contribution is 0.309. The molecule has 0 saturated heterocycles. The van der Waals surface area contributed by atoms with Crippen LogP contribution in [0, 0.1) is 11.3 Å². The summed E-state index contributed by atoms with van der Waals surface area (Å²) in [6.07, 6.45) is 1.78. The molecule has 0 radical (unpaired) electrons. The Hall–Kier alpha value is -0.0900. The van der Waals surface area contributed by atoms with E-state index in [0.29, 0.717) is 13.1 Å². The Morgan fingerprint density at radius 3 is 2.00 bits per heavy atom. The monoisotopic (exact) mass is 263 g/mol. The fourth-order valence-electron chi connectivity index (χ4n) is 1.63. The molecular formula is C13H29NO2S. The highest BCUT2D eigenvalue weighted by molar-refractivity contribution is 7.89. The zero-order chi connectivity index (χ0) is 13.7. The summed E-state index contributed by atoms with van der Waals surface area (Å²) >= 11 is 0. The highest BCUT2D eigenvalue weighted by Gasteiger charge is 2.24. The smallest absolute Gasteiger partial charge is 0.212 e. The molecule has 0 heterocycles. The molecule has 0 saturated carbocycles. The summed E-state index contributed by atoms with van der Waals surface area (Å²) in [7, 11) is -3.07. The number of hydrogen-bond donors (Lipinski definition) is 0. The van der Waals surface area contributed by atoms with Crippen LogP contribution in [0.15, 0.2) is 0 Å². The maximum absolute atomic E-state index is 12.2. The molecule has 0 amide bonds. The summed E-state index contributed by atoms with van der Waals surface area (Å²) in [6.45, 7) is 13.6. The van der Waals surface area contributed by atoms with Gasteiger partial charge in [0, 0.05) is 13.1 Å². The van der Waals surface area contributed by atoms with E-state index in [1.54, 1.807) is 4.31 Å². The number of rotatable bonds is 7. The molecule has 0 aromatic carbocycles. The first-order chi connectivity index (χ1) is 7.58. The van der Waals surface area contributed by atoms with Crippen molar-refractivity contribution in [3.8, 4) is 0 Å². The van der Waals surface area contributed by atoms with Crippen LogP contribution in [0.1, 0.15) is 54.4 Å². The van der Waals surface area contributed by atoms with E-state index in [1.807, 2.05) is 20.8 Å². The summed E-state index contributed by atoms with van der Waals surface area (Å²) in [6, 6.07) is 0. The van der Waals surface area contributed by atoms with Crippen molar-refractivity contribution in [3.05, 3.63) is 0 Å². The van der Waals surface area contributed by atoms with Crippen LogP contribution in [0.4, 0.5) is 0 Å². The first-order valence-corrected chi connectivity index (χ1v) is 8.17. The normalized spacial score (nSPS) is 13.6.